The Balaban J connectivity index is 1.85. The zero-order valence-electron chi connectivity index (χ0n) is 18.3. The number of hydrogen-bond donors (Lipinski definition) is 2. The van der Waals surface area contributed by atoms with Gasteiger partial charge in [-0.1, -0.05) is 49.9 Å². The number of cyclic esters (lactones) is 1. The van der Waals surface area contributed by atoms with Crippen molar-refractivity contribution in [2.75, 3.05) is 6.61 Å². The molecule has 0 bridgehead atoms. The number of aliphatic hydroxyl groups is 1. The fraction of sp³-hybridized carbons (Fsp3) is 0.625. The van der Waals surface area contributed by atoms with Crippen LogP contribution in [0.2, 0.25) is 5.02 Å². The fourth-order valence-electron chi connectivity index (χ4n) is 3.96. The summed E-state index contributed by atoms with van der Waals surface area (Å²) in [5.74, 6) is -0.618. The number of benzene rings is 1. The summed E-state index contributed by atoms with van der Waals surface area (Å²) in [4.78, 5) is 12.9. The van der Waals surface area contributed by atoms with Gasteiger partial charge in [-0.2, -0.15) is 0 Å². The maximum Gasteiger partial charge on any atom is 0.342 e. The van der Waals surface area contributed by atoms with Crippen LogP contribution in [0.15, 0.2) is 18.2 Å². The van der Waals surface area contributed by atoms with Crippen molar-refractivity contribution in [3.05, 3.63) is 34.4 Å². The first kappa shape index (κ1) is 23.9. The van der Waals surface area contributed by atoms with Gasteiger partial charge in [0.2, 0.25) is 0 Å². The molecule has 0 aromatic heterocycles. The van der Waals surface area contributed by atoms with Gasteiger partial charge in [0.1, 0.15) is 23.2 Å². The zero-order chi connectivity index (χ0) is 22.4. The molecule has 0 unspecified atom stereocenters. The van der Waals surface area contributed by atoms with Crippen molar-refractivity contribution < 1.29 is 29.2 Å². The third-order valence-corrected chi connectivity index (χ3v) is 6.13. The van der Waals surface area contributed by atoms with E-state index in [0.29, 0.717) is 24.3 Å². The van der Waals surface area contributed by atoms with Gasteiger partial charge in [0.25, 0.3) is 0 Å². The van der Waals surface area contributed by atoms with Crippen LogP contribution in [0.5, 0.6) is 11.5 Å². The molecule has 0 radical (unpaired) electrons. The molecule has 2 aliphatic heterocycles. The summed E-state index contributed by atoms with van der Waals surface area (Å²) < 4.78 is 17.0. The van der Waals surface area contributed by atoms with Crippen LogP contribution < -0.4 is 4.74 Å². The summed E-state index contributed by atoms with van der Waals surface area (Å²) in [7, 11) is 0. The molecule has 7 heteroatoms. The lowest BCUT2D eigenvalue weighted by Crippen LogP contribution is -2.20. The number of carbonyl (C=O) groups excluding carboxylic acids is 1. The van der Waals surface area contributed by atoms with E-state index >= 15 is 0 Å². The Hall–Kier alpha value is -1.76. The molecule has 6 nitrogen and oxygen atoms in total. The third kappa shape index (κ3) is 6.61. The lowest BCUT2D eigenvalue weighted by molar-refractivity contribution is 0.0305. The maximum atomic E-state index is 12.9. The first-order chi connectivity index (χ1) is 14.9. The first-order valence-corrected chi connectivity index (χ1v) is 11.7. The number of epoxide rings is 1. The van der Waals surface area contributed by atoms with Crippen LogP contribution in [0.25, 0.3) is 0 Å². The van der Waals surface area contributed by atoms with Gasteiger partial charge in [-0.15, -0.1) is 0 Å². The van der Waals surface area contributed by atoms with E-state index in [1.807, 2.05) is 13.0 Å². The van der Waals surface area contributed by atoms with E-state index in [1.54, 1.807) is 6.08 Å². The van der Waals surface area contributed by atoms with E-state index in [-0.39, 0.29) is 41.1 Å². The molecule has 1 aromatic rings. The van der Waals surface area contributed by atoms with E-state index in [0.717, 1.165) is 38.5 Å². The van der Waals surface area contributed by atoms with Gasteiger partial charge in [0.05, 0.1) is 29.9 Å². The second kappa shape index (κ2) is 11.2. The number of rotatable bonds is 6. The van der Waals surface area contributed by atoms with E-state index < -0.39 is 12.1 Å². The molecule has 4 atom stereocenters. The Morgan fingerprint density at radius 2 is 2.06 bits per heavy atom. The number of unbranched alkanes of at least 4 members (excludes halogenated alkanes) is 3. The van der Waals surface area contributed by atoms with Gasteiger partial charge >= 0.3 is 5.97 Å². The summed E-state index contributed by atoms with van der Waals surface area (Å²) in [5, 5.41) is 21.4. The Morgan fingerprint density at radius 1 is 1.26 bits per heavy atom. The second-order valence-electron chi connectivity index (χ2n) is 8.41. The standard InChI is InChI=1S/C24H33ClO6/c1-3-4-5-8-11-29-21-14-18(27)22-17(23(21)25)13-16(26)9-6-7-10-19-20(31-19)12-15(2)30-24(22)28/h6,9,14-16,19-20,26-27H,3-5,7-8,10-13H2,1-2H3/b9-6+/t15-,16+,19+,20+/m1/s1. The Labute approximate surface area is 189 Å². The fourth-order valence-corrected chi connectivity index (χ4v) is 4.24. The third-order valence-electron chi connectivity index (χ3n) is 5.72. The molecule has 2 aliphatic rings. The molecule has 0 saturated carbocycles. The number of halogens is 1. The molecule has 1 saturated heterocycles. The number of allylic oxidation sites excluding steroid dienone is 1. The van der Waals surface area contributed by atoms with E-state index in [4.69, 9.17) is 25.8 Å². The molecule has 0 amide bonds. The van der Waals surface area contributed by atoms with Crippen molar-refractivity contribution in [1.82, 2.24) is 0 Å². The van der Waals surface area contributed by atoms with Crippen LogP contribution in [-0.2, 0) is 15.9 Å². The van der Waals surface area contributed by atoms with Gasteiger partial charge in [-0.3, -0.25) is 0 Å². The number of esters is 1. The number of aromatic hydroxyl groups is 1. The number of hydrogen-bond acceptors (Lipinski definition) is 6. The minimum Gasteiger partial charge on any atom is -0.507 e. The van der Waals surface area contributed by atoms with Crippen molar-refractivity contribution in [3.63, 3.8) is 0 Å². The molecule has 2 heterocycles. The van der Waals surface area contributed by atoms with Crippen molar-refractivity contribution in [2.24, 2.45) is 0 Å². The maximum absolute atomic E-state index is 12.9. The average molecular weight is 453 g/mol. The normalized spacial score (nSPS) is 27.4. The van der Waals surface area contributed by atoms with E-state index in [2.05, 4.69) is 6.92 Å². The molecule has 172 valence electrons. The van der Waals surface area contributed by atoms with Crippen LogP contribution >= 0.6 is 11.6 Å². The Kier molecular flexibility index (Phi) is 8.64. The molecule has 31 heavy (non-hydrogen) atoms. The minimum absolute atomic E-state index is 0.0204. The largest absolute Gasteiger partial charge is 0.507 e. The van der Waals surface area contributed by atoms with Crippen molar-refractivity contribution >= 4 is 17.6 Å². The number of phenols is 1. The van der Waals surface area contributed by atoms with Gasteiger partial charge in [-0.05, 0) is 31.7 Å². The van der Waals surface area contributed by atoms with Gasteiger partial charge in [0.15, 0.2) is 0 Å². The van der Waals surface area contributed by atoms with Gasteiger partial charge < -0.3 is 24.4 Å². The quantitative estimate of drug-likeness (QED) is 0.274. The average Bonchev–Trinajstić information content (AvgIpc) is 3.45. The second-order valence-corrected chi connectivity index (χ2v) is 8.79. The lowest BCUT2D eigenvalue weighted by atomic mass is 9.98. The Bertz CT molecular complexity index is 793. The monoisotopic (exact) mass is 452 g/mol. The van der Waals surface area contributed by atoms with Crippen LogP contribution in [0.3, 0.4) is 0 Å². The molecule has 3 rings (SSSR count). The SMILES string of the molecule is CCCCCCOc1cc(O)c2c(c1Cl)C[C@@H](O)/C=C/CC[C@@H]1O[C@H]1C[C@@H](C)OC2=O. The predicted octanol–water partition coefficient (Wildman–Crippen LogP) is 4.96. The topological polar surface area (TPSA) is 88.5 Å². The Morgan fingerprint density at radius 3 is 2.84 bits per heavy atom. The summed E-state index contributed by atoms with van der Waals surface area (Å²) in [6, 6.07) is 1.36. The highest BCUT2D eigenvalue weighted by atomic mass is 35.5. The van der Waals surface area contributed by atoms with Crippen LogP contribution in [0.4, 0.5) is 0 Å². The van der Waals surface area contributed by atoms with Crippen molar-refractivity contribution in [1.29, 1.82) is 0 Å². The van der Waals surface area contributed by atoms with E-state index in [1.165, 1.54) is 6.07 Å². The molecule has 0 spiro atoms. The van der Waals surface area contributed by atoms with E-state index in [9.17, 15) is 15.0 Å². The minimum atomic E-state index is -0.862. The molecule has 2 N–H and O–H groups in total. The zero-order valence-corrected chi connectivity index (χ0v) is 19.1. The highest BCUT2D eigenvalue weighted by Crippen LogP contribution is 2.39. The summed E-state index contributed by atoms with van der Waals surface area (Å²) in [5.41, 5.74) is 0.310. The van der Waals surface area contributed by atoms with Crippen LogP contribution in [0, 0.1) is 0 Å². The molecule has 1 fully saturated rings. The molecule has 0 aliphatic carbocycles. The highest BCUT2D eigenvalue weighted by molar-refractivity contribution is 6.33. The summed E-state index contributed by atoms with van der Waals surface area (Å²) >= 11 is 6.59. The van der Waals surface area contributed by atoms with Crippen LogP contribution in [0.1, 0.15) is 74.7 Å². The van der Waals surface area contributed by atoms with Gasteiger partial charge in [0, 0.05) is 18.9 Å². The number of ether oxygens (including phenoxy) is 3. The summed E-state index contributed by atoms with van der Waals surface area (Å²) in [6.07, 6.45) is 9.10. The smallest absolute Gasteiger partial charge is 0.342 e. The summed E-state index contributed by atoms with van der Waals surface area (Å²) in [6.45, 7) is 4.41. The molecular weight excluding hydrogens is 420 g/mol. The first-order valence-electron chi connectivity index (χ1n) is 11.3. The van der Waals surface area contributed by atoms with Crippen molar-refractivity contribution in [2.45, 2.75) is 89.6 Å². The molecular formula is C24H33ClO6. The highest BCUT2D eigenvalue weighted by Gasteiger charge is 2.39. The number of aliphatic hydroxyl groups excluding tert-OH is 1. The lowest BCUT2D eigenvalue weighted by Gasteiger charge is -2.20. The number of fused-ring (bicyclic) bond motifs is 2. The predicted molar refractivity (Wildman–Crippen MR) is 119 cm³/mol. The van der Waals surface area contributed by atoms with Crippen molar-refractivity contribution in [3.8, 4) is 11.5 Å². The molecule has 1 aromatic carbocycles. The number of phenolic OH excluding ortho intramolecular Hbond substituents is 1. The van der Waals surface area contributed by atoms with Gasteiger partial charge in [-0.25, -0.2) is 4.79 Å². The number of carbonyl (C=O) groups is 1. The van der Waals surface area contributed by atoms with Crippen LogP contribution in [-0.4, -0.2) is 47.2 Å².